The second-order valence-corrected chi connectivity index (χ2v) is 5.95. The number of benzene rings is 1. The van der Waals surface area contributed by atoms with Crippen LogP contribution in [0.2, 0.25) is 0 Å². The summed E-state index contributed by atoms with van der Waals surface area (Å²) in [6.07, 6.45) is 2.94. The van der Waals surface area contributed by atoms with E-state index in [4.69, 9.17) is 0 Å². The van der Waals surface area contributed by atoms with Gasteiger partial charge in [0.25, 0.3) is 0 Å². The second kappa shape index (κ2) is 5.22. The molecule has 1 aromatic carbocycles. The zero-order chi connectivity index (χ0) is 13.0. The van der Waals surface area contributed by atoms with Crippen molar-refractivity contribution in [2.75, 3.05) is 10.5 Å². The van der Waals surface area contributed by atoms with Crippen molar-refractivity contribution in [2.45, 2.75) is 12.8 Å². The van der Waals surface area contributed by atoms with Crippen molar-refractivity contribution in [3.8, 4) is 0 Å². The summed E-state index contributed by atoms with van der Waals surface area (Å²) in [5.74, 6) is -0.0158. The number of aromatic nitrogens is 2. The molecule has 1 heterocycles. The molecule has 2 N–H and O–H groups in total. The van der Waals surface area contributed by atoms with E-state index in [0.717, 1.165) is 5.56 Å². The highest BCUT2D eigenvalue weighted by Crippen LogP contribution is 2.17. The lowest BCUT2D eigenvalue weighted by Gasteiger charge is -2.12. The lowest BCUT2D eigenvalue weighted by atomic mass is 10.0. The Kier molecular flexibility index (Phi) is 3.66. The predicted molar refractivity (Wildman–Crippen MR) is 70.9 cm³/mol. The number of rotatable bonds is 5. The number of hydrogen-bond acceptors (Lipinski definition) is 3. The van der Waals surface area contributed by atoms with Gasteiger partial charge in [-0.15, -0.1) is 0 Å². The summed E-state index contributed by atoms with van der Waals surface area (Å²) >= 11 is 0. The Balaban J connectivity index is 2.04. The Labute approximate surface area is 106 Å². The van der Waals surface area contributed by atoms with Gasteiger partial charge in [-0.25, -0.2) is 8.42 Å². The molecule has 5 nitrogen and oxygen atoms in total. The van der Waals surface area contributed by atoms with Crippen molar-refractivity contribution < 1.29 is 8.42 Å². The molecule has 0 aliphatic rings. The van der Waals surface area contributed by atoms with Crippen LogP contribution in [-0.4, -0.2) is 24.4 Å². The minimum atomic E-state index is -3.36. The molecule has 0 aliphatic carbocycles. The molecule has 2 rings (SSSR count). The summed E-state index contributed by atoms with van der Waals surface area (Å²) in [7, 11) is -3.36. The van der Waals surface area contributed by atoms with Crippen LogP contribution in [0.3, 0.4) is 0 Å². The van der Waals surface area contributed by atoms with Crippen molar-refractivity contribution in [1.29, 1.82) is 0 Å². The van der Waals surface area contributed by atoms with E-state index in [1.54, 1.807) is 0 Å². The first kappa shape index (κ1) is 12.6. The average molecular weight is 265 g/mol. The summed E-state index contributed by atoms with van der Waals surface area (Å²) < 4.78 is 26.3. The number of nitrogens with zero attached hydrogens (tertiary/aromatic N) is 1. The van der Waals surface area contributed by atoms with Gasteiger partial charge in [-0.2, -0.15) is 5.10 Å². The van der Waals surface area contributed by atoms with Gasteiger partial charge in [0.05, 0.1) is 17.6 Å². The third kappa shape index (κ3) is 3.33. The van der Waals surface area contributed by atoms with Crippen molar-refractivity contribution >= 4 is 15.7 Å². The molecule has 0 saturated carbocycles. The van der Waals surface area contributed by atoms with Gasteiger partial charge >= 0.3 is 0 Å². The molecule has 0 fully saturated rings. The van der Waals surface area contributed by atoms with E-state index in [1.165, 1.54) is 12.4 Å². The van der Waals surface area contributed by atoms with E-state index in [9.17, 15) is 8.42 Å². The maximum Gasteiger partial charge on any atom is 0.233 e. The Hall–Kier alpha value is -1.82. The zero-order valence-electron chi connectivity index (χ0n) is 10.00. The first-order valence-electron chi connectivity index (χ1n) is 5.61. The summed E-state index contributed by atoms with van der Waals surface area (Å²) in [6, 6.07) is 9.58. The molecule has 0 spiro atoms. The van der Waals surface area contributed by atoms with Crippen LogP contribution in [-0.2, 0) is 10.0 Å². The highest BCUT2D eigenvalue weighted by atomic mass is 32.2. The lowest BCUT2D eigenvalue weighted by molar-refractivity contribution is 0.595. The SMILES string of the molecule is CC(CS(=O)(=O)Nc1cn[nH]c1)c1ccccc1. The quantitative estimate of drug-likeness (QED) is 0.867. The predicted octanol–water partition coefficient (Wildman–Crippen LogP) is 1.96. The molecule has 6 heteroatoms. The molecule has 0 saturated heterocycles. The van der Waals surface area contributed by atoms with Crippen LogP contribution in [0.25, 0.3) is 0 Å². The van der Waals surface area contributed by atoms with Crippen molar-refractivity contribution in [3.63, 3.8) is 0 Å². The van der Waals surface area contributed by atoms with Gasteiger partial charge in [-0.3, -0.25) is 9.82 Å². The third-order valence-corrected chi connectivity index (χ3v) is 4.10. The normalized spacial score (nSPS) is 13.2. The van der Waals surface area contributed by atoms with Gasteiger partial charge < -0.3 is 0 Å². The molecule has 0 amide bonds. The minimum Gasteiger partial charge on any atom is -0.284 e. The second-order valence-electron chi connectivity index (χ2n) is 4.18. The topological polar surface area (TPSA) is 74.8 Å². The van der Waals surface area contributed by atoms with Crippen LogP contribution in [0.15, 0.2) is 42.7 Å². The van der Waals surface area contributed by atoms with Gasteiger partial charge in [0, 0.05) is 6.20 Å². The largest absolute Gasteiger partial charge is 0.284 e. The molecule has 1 aromatic heterocycles. The number of hydrogen-bond donors (Lipinski definition) is 2. The molecule has 96 valence electrons. The first-order valence-corrected chi connectivity index (χ1v) is 7.26. The smallest absolute Gasteiger partial charge is 0.233 e. The van der Waals surface area contributed by atoms with E-state index in [2.05, 4.69) is 14.9 Å². The summed E-state index contributed by atoms with van der Waals surface area (Å²) in [5, 5.41) is 6.25. The molecular weight excluding hydrogens is 250 g/mol. The minimum absolute atomic E-state index is 0.0438. The number of aromatic amines is 1. The van der Waals surface area contributed by atoms with E-state index in [0.29, 0.717) is 5.69 Å². The van der Waals surface area contributed by atoms with Gasteiger partial charge in [0.15, 0.2) is 0 Å². The molecule has 18 heavy (non-hydrogen) atoms. The molecular formula is C12H15N3O2S. The van der Waals surface area contributed by atoms with E-state index >= 15 is 0 Å². The number of sulfonamides is 1. The van der Waals surface area contributed by atoms with Crippen molar-refractivity contribution in [3.05, 3.63) is 48.3 Å². The summed E-state index contributed by atoms with van der Waals surface area (Å²) in [5.41, 5.74) is 1.46. The molecule has 0 bridgehead atoms. The molecule has 0 aliphatic heterocycles. The summed E-state index contributed by atoms with van der Waals surface area (Å²) in [4.78, 5) is 0. The molecule has 0 radical (unpaired) electrons. The molecule has 1 atom stereocenters. The average Bonchev–Trinajstić information content (AvgIpc) is 2.81. The van der Waals surface area contributed by atoms with Crippen LogP contribution < -0.4 is 4.72 Å². The van der Waals surface area contributed by atoms with Crippen molar-refractivity contribution in [1.82, 2.24) is 10.2 Å². The Morgan fingerprint density at radius 1 is 1.33 bits per heavy atom. The van der Waals surface area contributed by atoms with Crippen molar-refractivity contribution in [2.24, 2.45) is 0 Å². The van der Waals surface area contributed by atoms with Crippen LogP contribution in [0.1, 0.15) is 18.4 Å². The standard InChI is InChI=1S/C12H15N3O2S/c1-10(11-5-3-2-4-6-11)9-18(16,17)15-12-7-13-14-8-12/h2-8,10,15H,9H2,1H3,(H,13,14). The first-order chi connectivity index (χ1) is 8.57. The zero-order valence-corrected chi connectivity index (χ0v) is 10.8. The fraction of sp³-hybridized carbons (Fsp3) is 0.250. The number of nitrogens with one attached hydrogen (secondary N) is 2. The monoisotopic (exact) mass is 265 g/mol. The number of anilines is 1. The fourth-order valence-corrected chi connectivity index (χ4v) is 3.14. The van der Waals surface area contributed by atoms with E-state index in [-0.39, 0.29) is 11.7 Å². The van der Waals surface area contributed by atoms with Gasteiger partial charge in [0.2, 0.25) is 10.0 Å². The van der Waals surface area contributed by atoms with Gasteiger partial charge in [-0.05, 0) is 11.5 Å². The van der Waals surface area contributed by atoms with Crippen LogP contribution in [0.5, 0.6) is 0 Å². The highest BCUT2D eigenvalue weighted by Gasteiger charge is 2.17. The van der Waals surface area contributed by atoms with Crippen LogP contribution >= 0.6 is 0 Å². The highest BCUT2D eigenvalue weighted by molar-refractivity contribution is 7.92. The van der Waals surface area contributed by atoms with Crippen LogP contribution in [0, 0.1) is 0 Å². The van der Waals surface area contributed by atoms with Gasteiger partial charge in [0.1, 0.15) is 0 Å². The maximum absolute atomic E-state index is 11.9. The molecule has 2 aromatic rings. The fourth-order valence-electron chi connectivity index (χ4n) is 1.73. The third-order valence-electron chi connectivity index (χ3n) is 2.61. The van der Waals surface area contributed by atoms with E-state index < -0.39 is 10.0 Å². The lowest BCUT2D eigenvalue weighted by Crippen LogP contribution is -2.20. The van der Waals surface area contributed by atoms with E-state index in [1.807, 2.05) is 37.3 Å². The Morgan fingerprint density at radius 2 is 2.06 bits per heavy atom. The van der Waals surface area contributed by atoms with Gasteiger partial charge in [-0.1, -0.05) is 37.3 Å². The Bertz CT molecular complexity index is 579. The number of H-pyrrole nitrogens is 1. The molecule has 1 unspecified atom stereocenters. The maximum atomic E-state index is 11.9. The van der Waals surface area contributed by atoms with Crippen LogP contribution in [0.4, 0.5) is 5.69 Å². The summed E-state index contributed by atoms with van der Waals surface area (Å²) in [6.45, 7) is 1.89. The Morgan fingerprint density at radius 3 is 2.67 bits per heavy atom.